The van der Waals surface area contributed by atoms with Gasteiger partial charge < -0.3 is 10.2 Å². The molecule has 0 saturated carbocycles. The molecule has 1 atom stereocenters. The van der Waals surface area contributed by atoms with Gasteiger partial charge in [-0.15, -0.1) is 0 Å². The Labute approximate surface area is 127 Å². The molecule has 0 bridgehead atoms. The molecule has 0 amide bonds. The summed E-state index contributed by atoms with van der Waals surface area (Å²) in [4.78, 5) is 2.35. The quantitative estimate of drug-likeness (QED) is 0.843. The maximum absolute atomic E-state index is 9.15. The summed E-state index contributed by atoms with van der Waals surface area (Å²) in [6.07, 6.45) is 0.835. The molecule has 0 radical (unpaired) electrons. The normalized spacial score (nSPS) is 12.0. The first-order valence-electron chi connectivity index (χ1n) is 7.65. The van der Waals surface area contributed by atoms with Crippen molar-refractivity contribution in [1.82, 2.24) is 5.32 Å². The number of fused-ring (bicyclic) bond motifs is 1. The molecule has 0 aliphatic carbocycles. The van der Waals surface area contributed by atoms with Crippen LogP contribution in [0.1, 0.15) is 20.3 Å². The van der Waals surface area contributed by atoms with E-state index in [1.807, 2.05) is 6.92 Å². The van der Waals surface area contributed by atoms with E-state index in [4.69, 9.17) is 5.26 Å². The van der Waals surface area contributed by atoms with Crippen LogP contribution in [0.25, 0.3) is 10.8 Å². The minimum Gasteiger partial charge on any atom is -0.371 e. The average molecular weight is 281 g/mol. The molecule has 110 valence electrons. The minimum atomic E-state index is -0.0703. The van der Waals surface area contributed by atoms with Crippen molar-refractivity contribution in [1.29, 1.82) is 5.26 Å². The van der Waals surface area contributed by atoms with Gasteiger partial charge in [0.2, 0.25) is 0 Å². The highest BCUT2D eigenvalue weighted by molar-refractivity contribution is 5.94. The highest BCUT2D eigenvalue weighted by atomic mass is 15.1. The number of hydrogen-bond acceptors (Lipinski definition) is 3. The first kappa shape index (κ1) is 15.3. The number of benzene rings is 2. The van der Waals surface area contributed by atoms with Crippen LogP contribution in [0.15, 0.2) is 42.5 Å². The fourth-order valence-corrected chi connectivity index (χ4v) is 2.68. The Bertz CT molecular complexity index is 610. The SMILES string of the molecule is CCNC(C#N)CCN(CC)c1cccc2ccccc12. The van der Waals surface area contributed by atoms with Crippen LogP contribution in [0.5, 0.6) is 0 Å². The Morgan fingerprint density at radius 3 is 2.62 bits per heavy atom. The molecule has 0 heterocycles. The van der Waals surface area contributed by atoms with Crippen molar-refractivity contribution < 1.29 is 0 Å². The number of hydrogen-bond donors (Lipinski definition) is 1. The molecular formula is C18H23N3. The molecule has 3 nitrogen and oxygen atoms in total. The topological polar surface area (TPSA) is 39.1 Å². The summed E-state index contributed by atoms with van der Waals surface area (Å²) in [5, 5.41) is 14.9. The molecule has 0 spiro atoms. The molecule has 21 heavy (non-hydrogen) atoms. The van der Waals surface area contributed by atoms with Gasteiger partial charge in [0.15, 0.2) is 0 Å². The molecule has 0 saturated heterocycles. The predicted molar refractivity (Wildman–Crippen MR) is 89.5 cm³/mol. The zero-order valence-electron chi connectivity index (χ0n) is 12.8. The Kier molecular flexibility index (Phi) is 5.59. The minimum absolute atomic E-state index is 0.0703. The van der Waals surface area contributed by atoms with Gasteiger partial charge in [-0.1, -0.05) is 43.3 Å². The molecular weight excluding hydrogens is 258 g/mol. The first-order valence-corrected chi connectivity index (χ1v) is 7.65. The molecule has 0 aliphatic rings. The van der Waals surface area contributed by atoms with Gasteiger partial charge in [0.05, 0.1) is 12.1 Å². The summed E-state index contributed by atoms with van der Waals surface area (Å²) in [6.45, 7) is 6.86. The highest BCUT2D eigenvalue weighted by Gasteiger charge is 2.11. The molecule has 0 fully saturated rings. The summed E-state index contributed by atoms with van der Waals surface area (Å²) in [7, 11) is 0. The third-order valence-corrected chi connectivity index (χ3v) is 3.78. The van der Waals surface area contributed by atoms with E-state index >= 15 is 0 Å². The second-order valence-corrected chi connectivity index (χ2v) is 5.11. The van der Waals surface area contributed by atoms with E-state index in [1.165, 1.54) is 16.5 Å². The van der Waals surface area contributed by atoms with E-state index in [9.17, 15) is 0 Å². The lowest BCUT2D eigenvalue weighted by atomic mass is 10.1. The maximum atomic E-state index is 9.15. The molecule has 3 heteroatoms. The number of nitriles is 1. The van der Waals surface area contributed by atoms with Crippen LogP contribution in [-0.4, -0.2) is 25.7 Å². The first-order chi connectivity index (χ1) is 10.3. The summed E-state index contributed by atoms with van der Waals surface area (Å²) in [5.74, 6) is 0. The third kappa shape index (κ3) is 3.74. The van der Waals surface area contributed by atoms with Gasteiger partial charge >= 0.3 is 0 Å². The standard InChI is InChI=1S/C18H23N3/c1-3-20-16(14-19)12-13-21(4-2)18-11-7-9-15-8-5-6-10-17(15)18/h5-11,16,20H,3-4,12-13H2,1-2H3. The second kappa shape index (κ2) is 7.66. The average Bonchev–Trinajstić information content (AvgIpc) is 2.54. The van der Waals surface area contributed by atoms with Gasteiger partial charge in [0.25, 0.3) is 0 Å². The van der Waals surface area contributed by atoms with Crippen LogP contribution >= 0.6 is 0 Å². The van der Waals surface area contributed by atoms with Crippen molar-refractivity contribution >= 4 is 16.5 Å². The molecule has 0 aliphatic heterocycles. The van der Waals surface area contributed by atoms with Crippen molar-refractivity contribution in [2.24, 2.45) is 0 Å². The van der Waals surface area contributed by atoms with Gasteiger partial charge in [-0.3, -0.25) is 0 Å². The Morgan fingerprint density at radius 1 is 1.14 bits per heavy atom. The van der Waals surface area contributed by atoms with E-state index in [1.54, 1.807) is 0 Å². The van der Waals surface area contributed by atoms with E-state index in [-0.39, 0.29) is 6.04 Å². The maximum Gasteiger partial charge on any atom is 0.0969 e. The molecule has 2 rings (SSSR count). The van der Waals surface area contributed by atoms with E-state index in [2.05, 4.69) is 65.7 Å². The lowest BCUT2D eigenvalue weighted by Crippen LogP contribution is -2.33. The molecule has 2 aromatic rings. The van der Waals surface area contributed by atoms with Crippen LogP contribution in [0.4, 0.5) is 5.69 Å². The molecule has 2 aromatic carbocycles. The summed E-state index contributed by atoms with van der Waals surface area (Å²) < 4.78 is 0. The smallest absolute Gasteiger partial charge is 0.0969 e. The lowest BCUT2D eigenvalue weighted by molar-refractivity contribution is 0.576. The fraction of sp³-hybridized carbons (Fsp3) is 0.389. The lowest BCUT2D eigenvalue weighted by Gasteiger charge is -2.25. The van der Waals surface area contributed by atoms with Crippen molar-refractivity contribution in [2.75, 3.05) is 24.5 Å². The summed E-state index contributed by atoms with van der Waals surface area (Å²) >= 11 is 0. The summed E-state index contributed by atoms with van der Waals surface area (Å²) in [5.41, 5.74) is 1.25. The Hall–Kier alpha value is -2.05. The molecule has 1 N–H and O–H groups in total. The number of nitrogens with one attached hydrogen (secondary N) is 1. The van der Waals surface area contributed by atoms with E-state index in [0.29, 0.717) is 0 Å². The zero-order valence-corrected chi connectivity index (χ0v) is 12.8. The van der Waals surface area contributed by atoms with Crippen molar-refractivity contribution in [3.63, 3.8) is 0 Å². The van der Waals surface area contributed by atoms with Crippen LogP contribution in [0, 0.1) is 11.3 Å². The van der Waals surface area contributed by atoms with Gasteiger partial charge in [-0.2, -0.15) is 5.26 Å². The van der Waals surface area contributed by atoms with Crippen molar-refractivity contribution in [2.45, 2.75) is 26.3 Å². The fourth-order valence-electron chi connectivity index (χ4n) is 2.68. The van der Waals surface area contributed by atoms with Crippen LogP contribution in [0.3, 0.4) is 0 Å². The van der Waals surface area contributed by atoms with Crippen LogP contribution in [-0.2, 0) is 0 Å². The molecule has 0 aromatic heterocycles. The van der Waals surface area contributed by atoms with E-state index < -0.39 is 0 Å². The highest BCUT2D eigenvalue weighted by Crippen LogP contribution is 2.26. The zero-order chi connectivity index (χ0) is 15.1. The molecule has 1 unspecified atom stereocenters. The largest absolute Gasteiger partial charge is 0.371 e. The predicted octanol–water partition coefficient (Wildman–Crippen LogP) is 3.56. The Balaban J connectivity index is 2.18. The van der Waals surface area contributed by atoms with E-state index in [0.717, 1.165) is 26.1 Å². The van der Waals surface area contributed by atoms with Crippen molar-refractivity contribution in [3.8, 4) is 6.07 Å². The van der Waals surface area contributed by atoms with Gasteiger partial charge in [-0.25, -0.2) is 0 Å². The second-order valence-electron chi connectivity index (χ2n) is 5.11. The van der Waals surface area contributed by atoms with Crippen molar-refractivity contribution in [3.05, 3.63) is 42.5 Å². The van der Waals surface area contributed by atoms with Gasteiger partial charge in [0.1, 0.15) is 0 Å². The number of anilines is 1. The van der Waals surface area contributed by atoms with Crippen LogP contribution in [0.2, 0.25) is 0 Å². The number of nitrogens with zero attached hydrogens (tertiary/aromatic N) is 2. The van der Waals surface area contributed by atoms with Gasteiger partial charge in [0, 0.05) is 24.2 Å². The monoisotopic (exact) mass is 281 g/mol. The summed E-state index contributed by atoms with van der Waals surface area (Å²) in [6, 6.07) is 17.1. The Morgan fingerprint density at radius 2 is 1.90 bits per heavy atom. The number of rotatable bonds is 7. The third-order valence-electron chi connectivity index (χ3n) is 3.78. The van der Waals surface area contributed by atoms with Gasteiger partial charge in [-0.05, 0) is 31.3 Å². The van der Waals surface area contributed by atoms with Crippen LogP contribution < -0.4 is 10.2 Å².